The Labute approximate surface area is 167 Å². The third kappa shape index (κ3) is 5.21. The average molecular weight is 383 g/mol. The van der Waals surface area contributed by atoms with E-state index in [4.69, 9.17) is 11.6 Å². The summed E-state index contributed by atoms with van der Waals surface area (Å²) >= 11 is 5.98. The molecule has 1 fully saturated rings. The van der Waals surface area contributed by atoms with Crippen LogP contribution < -0.4 is 0 Å². The Morgan fingerprint density at radius 1 is 1.04 bits per heavy atom. The van der Waals surface area contributed by atoms with Gasteiger partial charge < -0.3 is 4.90 Å². The summed E-state index contributed by atoms with van der Waals surface area (Å²) in [5.74, 6) is 0.0843. The van der Waals surface area contributed by atoms with Crippen LogP contribution in [0.15, 0.2) is 54.6 Å². The molecule has 0 aliphatic carbocycles. The molecule has 0 N–H and O–H groups in total. The summed E-state index contributed by atoms with van der Waals surface area (Å²) in [5, 5.41) is 0.760. The van der Waals surface area contributed by atoms with Gasteiger partial charge in [0, 0.05) is 42.8 Å². The van der Waals surface area contributed by atoms with Crippen LogP contribution in [0.4, 0.5) is 0 Å². The number of carbonyl (C=O) groups excluding carboxylic acids is 1. The van der Waals surface area contributed by atoms with Crippen molar-refractivity contribution in [2.24, 2.45) is 0 Å². The molecule has 1 amide bonds. The van der Waals surface area contributed by atoms with Crippen molar-refractivity contribution in [3.63, 3.8) is 0 Å². The first-order valence-corrected chi connectivity index (χ1v) is 9.84. The molecular weight excluding hydrogens is 356 g/mol. The number of carbonyl (C=O) groups is 1. The van der Waals surface area contributed by atoms with Gasteiger partial charge >= 0.3 is 0 Å². The molecule has 0 radical (unpaired) electrons. The van der Waals surface area contributed by atoms with Gasteiger partial charge in [-0.05, 0) is 50.1 Å². The van der Waals surface area contributed by atoms with E-state index >= 15 is 0 Å². The van der Waals surface area contributed by atoms with E-state index in [-0.39, 0.29) is 11.9 Å². The summed E-state index contributed by atoms with van der Waals surface area (Å²) in [7, 11) is 0. The standard InChI is InChI=1S/C23H27ClN2O/c1-17-4-6-20(7-5-17)10-13-23(27)26-15-18(2)25(14-19(26)3)16-21-8-11-22(24)12-9-21/h4-13,18-19H,14-16H2,1-3H3/t18-,19+/m1/s1. The van der Waals surface area contributed by atoms with Gasteiger partial charge in [0.15, 0.2) is 0 Å². The Morgan fingerprint density at radius 2 is 1.70 bits per heavy atom. The maximum atomic E-state index is 12.7. The summed E-state index contributed by atoms with van der Waals surface area (Å²) < 4.78 is 0. The minimum absolute atomic E-state index is 0.0843. The molecule has 4 heteroatoms. The summed E-state index contributed by atoms with van der Waals surface area (Å²) in [6.45, 7) is 8.86. The average Bonchev–Trinajstić information content (AvgIpc) is 2.65. The van der Waals surface area contributed by atoms with Crippen molar-refractivity contribution in [2.75, 3.05) is 13.1 Å². The van der Waals surface area contributed by atoms with Crippen LogP contribution in [0.1, 0.15) is 30.5 Å². The van der Waals surface area contributed by atoms with Crippen LogP contribution in [0.3, 0.4) is 0 Å². The number of rotatable bonds is 4. The third-order valence-corrected chi connectivity index (χ3v) is 5.44. The van der Waals surface area contributed by atoms with E-state index in [9.17, 15) is 4.79 Å². The van der Waals surface area contributed by atoms with Crippen molar-refractivity contribution < 1.29 is 4.79 Å². The molecule has 1 aliphatic heterocycles. The summed E-state index contributed by atoms with van der Waals surface area (Å²) in [6.07, 6.45) is 3.60. The molecule has 0 bridgehead atoms. The summed E-state index contributed by atoms with van der Waals surface area (Å²) in [6, 6.07) is 16.7. The largest absolute Gasteiger partial charge is 0.334 e. The van der Waals surface area contributed by atoms with Crippen molar-refractivity contribution in [3.8, 4) is 0 Å². The van der Waals surface area contributed by atoms with Crippen LogP contribution >= 0.6 is 11.6 Å². The van der Waals surface area contributed by atoms with Gasteiger partial charge in [0.05, 0.1) is 0 Å². The van der Waals surface area contributed by atoms with Crippen LogP contribution in [0.2, 0.25) is 5.02 Å². The van der Waals surface area contributed by atoms with E-state index in [0.29, 0.717) is 6.04 Å². The first-order chi connectivity index (χ1) is 12.9. The fourth-order valence-corrected chi connectivity index (χ4v) is 3.62. The monoisotopic (exact) mass is 382 g/mol. The molecule has 2 atom stereocenters. The van der Waals surface area contributed by atoms with Crippen molar-refractivity contribution in [2.45, 2.75) is 39.4 Å². The number of halogens is 1. The molecule has 2 aromatic carbocycles. The molecule has 142 valence electrons. The van der Waals surface area contributed by atoms with Gasteiger partial charge in [0.1, 0.15) is 0 Å². The smallest absolute Gasteiger partial charge is 0.246 e. The van der Waals surface area contributed by atoms with E-state index in [1.807, 2.05) is 35.2 Å². The lowest BCUT2D eigenvalue weighted by molar-refractivity contribution is -0.131. The zero-order valence-electron chi connectivity index (χ0n) is 16.2. The highest BCUT2D eigenvalue weighted by molar-refractivity contribution is 6.30. The number of hydrogen-bond acceptors (Lipinski definition) is 2. The Kier molecular flexibility index (Phi) is 6.35. The zero-order valence-corrected chi connectivity index (χ0v) is 17.0. The van der Waals surface area contributed by atoms with Crippen LogP contribution in [0.5, 0.6) is 0 Å². The van der Waals surface area contributed by atoms with E-state index in [1.54, 1.807) is 6.08 Å². The molecule has 27 heavy (non-hydrogen) atoms. The Bertz CT molecular complexity index is 798. The fourth-order valence-electron chi connectivity index (χ4n) is 3.49. The summed E-state index contributed by atoms with van der Waals surface area (Å²) in [4.78, 5) is 17.1. The second-order valence-electron chi connectivity index (χ2n) is 7.49. The fraction of sp³-hybridized carbons (Fsp3) is 0.348. The maximum Gasteiger partial charge on any atom is 0.246 e. The van der Waals surface area contributed by atoms with E-state index < -0.39 is 0 Å². The zero-order chi connectivity index (χ0) is 19.4. The third-order valence-electron chi connectivity index (χ3n) is 5.19. The van der Waals surface area contributed by atoms with Crippen LogP contribution in [0.25, 0.3) is 6.08 Å². The van der Waals surface area contributed by atoms with Crippen LogP contribution in [-0.4, -0.2) is 40.9 Å². The first kappa shape index (κ1) is 19.7. The van der Waals surface area contributed by atoms with Crippen LogP contribution in [0, 0.1) is 6.92 Å². The predicted molar refractivity (Wildman–Crippen MR) is 113 cm³/mol. The Balaban J connectivity index is 1.61. The topological polar surface area (TPSA) is 23.6 Å². The number of piperazine rings is 1. The van der Waals surface area contributed by atoms with E-state index in [2.05, 4.69) is 49.9 Å². The number of benzene rings is 2. The number of nitrogens with zero attached hydrogens (tertiary/aromatic N) is 2. The minimum Gasteiger partial charge on any atom is -0.334 e. The molecule has 0 unspecified atom stereocenters. The lowest BCUT2D eigenvalue weighted by Crippen LogP contribution is -2.57. The lowest BCUT2D eigenvalue weighted by atomic mass is 10.1. The van der Waals surface area contributed by atoms with Gasteiger partial charge in [-0.25, -0.2) is 0 Å². The molecule has 0 saturated carbocycles. The second-order valence-corrected chi connectivity index (χ2v) is 7.93. The van der Waals surface area contributed by atoms with Gasteiger partial charge in [-0.2, -0.15) is 0 Å². The molecule has 1 aliphatic rings. The molecule has 0 spiro atoms. The van der Waals surface area contributed by atoms with Gasteiger partial charge in [0.2, 0.25) is 5.91 Å². The molecule has 1 heterocycles. The highest BCUT2D eigenvalue weighted by atomic mass is 35.5. The van der Waals surface area contributed by atoms with Crippen molar-refractivity contribution in [1.29, 1.82) is 0 Å². The minimum atomic E-state index is 0.0843. The molecular formula is C23H27ClN2O. The lowest BCUT2D eigenvalue weighted by Gasteiger charge is -2.44. The van der Waals surface area contributed by atoms with Crippen LogP contribution in [-0.2, 0) is 11.3 Å². The Morgan fingerprint density at radius 3 is 2.37 bits per heavy atom. The van der Waals surface area contributed by atoms with Crippen molar-refractivity contribution >= 4 is 23.6 Å². The predicted octanol–water partition coefficient (Wildman–Crippen LogP) is 4.78. The van der Waals surface area contributed by atoms with Crippen molar-refractivity contribution in [1.82, 2.24) is 9.80 Å². The molecule has 3 rings (SSSR count). The van der Waals surface area contributed by atoms with Gasteiger partial charge in [-0.1, -0.05) is 53.6 Å². The maximum absolute atomic E-state index is 12.7. The second kappa shape index (κ2) is 8.73. The van der Waals surface area contributed by atoms with E-state index in [0.717, 1.165) is 30.2 Å². The number of aryl methyl sites for hydroxylation is 1. The van der Waals surface area contributed by atoms with E-state index in [1.165, 1.54) is 11.1 Å². The number of hydrogen-bond donors (Lipinski definition) is 0. The molecule has 0 aromatic heterocycles. The normalized spacial score (nSPS) is 21.0. The molecule has 3 nitrogen and oxygen atoms in total. The quantitative estimate of drug-likeness (QED) is 0.710. The SMILES string of the molecule is Cc1ccc(C=CC(=O)N2C[C@@H](C)N(Cc3ccc(Cl)cc3)C[C@@H]2C)cc1. The molecule has 2 aromatic rings. The highest BCUT2D eigenvalue weighted by Crippen LogP contribution is 2.20. The summed E-state index contributed by atoms with van der Waals surface area (Å²) in [5.41, 5.74) is 3.52. The van der Waals surface area contributed by atoms with Crippen molar-refractivity contribution in [3.05, 3.63) is 76.3 Å². The Hall–Kier alpha value is -2.10. The van der Waals surface area contributed by atoms with Gasteiger partial charge in [-0.15, -0.1) is 0 Å². The van der Waals surface area contributed by atoms with Gasteiger partial charge in [0.25, 0.3) is 0 Å². The highest BCUT2D eigenvalue weighted by Gasteiger charge is 2.30. The number of amides is 1. The molecule has 1 saturated heterocycles. The first-order valence-electron chi connectivity index (χ1n) is 9.46. The van der Waals surface area contributed by atoms with Gasteiger partial charge in [-0.3, -0.25) is 9.69 Å².